The number of fused-ring (bicyclic) bond motifs is 1. The maximum absolute atomic E-state index is 13.7. The van der Waals surface area contributed by atoms with E-state index in [-0.39, 0.29) is 64.6 Å². The number of aliphatic hydroxyl groups excluding tert-OH is 2. The second-order valence-corrected chi connectivity index (χ2v) is 10.7. The van der Waals surface area contributed by atoms with Gasteiger partial charge in [0.1, 0.15) is 38.5 Å². The van der Waals surface area contributed by atoms with E-state index < -0.39 is 24.1 Å². The van der Waals surface area contributed by atoms with Crippen molar-refractivity contribution in [3.8, 4) is 0 Å². The lowest BCUT2D eigenvalue weighted by molar-refractivity contribution is -0.871. The van der Waals surface area contributed by atoms with Gasteiger partial charge in [-0.25, -0.2) is 19.2 Å². The number of nitrogens with zero attached hydrogens (tertiary/aromatic N) is 2. The molecule has 0 bridgehead atoms. The molecular weight excluding hydrogens is 480 g/mol. The summed E-state index contributed by atoms with van der Waals surface area (Å²) in [5, 5.41) is 21.6. The Kier molecular flexibility index (Phi) is 8.74. The molecule has 2 amide bonds. The molecular formula is C27H38N2O8+2. The number of quaternary nitrogens is 2. The van der Waals surface area contributed by atoms with E-state index in [9.17, 15) is 29.4 Å². The molecule has 2 N–H and O–H groups in total. The third-order valence-corrected chi connectivity index (χ3v) is 8.01. The van der Waals surface area contributed by atoms with Crippen LogP contribution in [0.2, 0.25) is 0 Å². The minimum absolute atomic E-state index is 0.00818. The van der Waals surface area contributed by atoms with Gasteiger partial charge in [-0.15, -0.1) is 0 Å². The molecule has 0 radical (unpaired) electrons. The topological polar surface area (TPSA) is 127 Å². The summed E-state index contributed by atoms with van der Waals surface area (Å²) >= 11 is 0. The number of hydrogen-bond donors (Lipinski definition) is 2. The molecule has 10 nitrogen and oxygen atoms in total. The quantitative estimate of drug-likeness (QED) is 0.298. The lowest BCUT2D eigenvalue weighted by Crippen LogP contribution is -2.63. The van der Waals surface area contributed by atoms with Gasteiger partial charge in [-0.3, -0.25) is 8.97 Å². The van der Waals surface area contributed by atoms with Crippen LogP contribution in [0.5, 0.6) is 0 Å². The molecule has 2 spiro atoms. The van der Waals surface area contributed by atoms with Crippen molar-refractivity contribution in [2.75, 3.05) is 52.5 Å². The van der Waals surface area contributed by atoms with Crippen LogP contribution in [0.15, 0.2) is 24.3 Å². The first kappa shape index (κ1) is 27.4. The van der Waals surface area contributed by atoms with Gasteiger partial charge in [0, 0.05) is 0 Å². The Morgan fingerprint density at radius 2 is 1.00 bits per heavy atom. The van der Waals surface area contributed by atoms with Gasteiger partial charge < -0.3 is 19.7 Å². The van der Waals surface area contributed by atoms with Crippen molar-refractivity contribution in [1.82, 2.24) is 0 Å². The normalized spacial score (nSPS) is 27.7. The van der Waals surface area contributed by atoms with E-state index in [4.69, 9.17) is 9.47 Å². The number of benzene rings is 1. The van der Waals surface area contributed by atoms with E-state index in [0.717, 1.165) is 38.5 Å². The zero-order valence-electron chi connectivity index (χ0n) is 21.3. The van der Waals surface area contributed by atoms with Crippen LogP contribution in [0.4, 0.5) is 0 Å². The average Bonchev–Trinajstić information content (AvgIpc) is 2.91. The number of carbonyl (C=O) groups is 4. The molecule has 2 atom stereocenters. The highest BCUT2D eigenvalue weighted by Gasteiger charge is 2.47. The maximum atomic E-state index is 13.7. The highest BCUT2D eigenvalue weighted by Crippen LogP contribution is 2.26. The first-order chi connectivity index (χ1) is 17.7. The lowest BCUT2D eigenvalue weighted by atomic mass is 10.0. The van der Waals surface area contributed by atoms with E-state index in [1.54, 1.807) is 12.1 Å². The molecule has 0 saturated carbocycles. The van der Waals surface area contributed by atoms with Crippen LogP contribution >= 0.6 is 0 Å². The molecule has 3 heterocycles. The Balaban J connectivity index is 1.66. The molecule has 2 fully saturated rings. The van der Waals surface area contributed by atoms with Crippen LogP contribution in [0.3, 0.4) is 0 Å². The molecule has 202 valence electrons. The second-order valence-electron chi connectivity index (χ2n) is 10.7. The number of cyclic esters (lactones) is 2. The van der Waals surface area contributed by atoms with Crippen LogP contribution in [0.25, 0.3) is 0 Å². The Morgan fingerprint density at radius 3 is 1.38 bits per heavy atom. The van der Waals surface area contributed by atoms with Gasteiger partial charge in [0.15, 0.2) is 6.42 Å². The number of carbonyl (C=O) groups excluding carboxylic acids is 4. The molecule has 10 heteroatoms. The summed E-state index contributed by atoms with van der Waals surface area (Å²) < 4.78 is 10.6. The Bertz CT molecular complexity index is 934. The van der Waals surface area contributed by atoms with E-state index in [2.05, 4.69) is 0 Å². The fourth-order valence-electron chi connectivity index (χ4n) is 6.02. The van der Waals surface area contributed by atoms with Crippen LogP contribution < -0.4 is 0 Å². The van der Waals surface area contributed by atoms with Crippen molar-refractivity contribution in [1.29, 1.82) is 0 Å². The number of amides is 2. The molecule has 3 aliphatic rings. The molecule has 1 aromatic rings. The Morgan fingerprint density at radius 1 is 0.622 bits per heavy atom. The SMILES string of the molecule is O=C1OCC(O)C[N+]2(CCCCC2)C(=O)CC(=O)[N+]2(CCCCC2)CC(O)COC(=O)c2ccccc21. The predicted octanol–water partition coefficient (Wildman–Crippen LogP) is 1.18. The summed E-state index contributed by atoms with van der Waals surface area (Å²) in [5.74, 6) is -2.07. The summed E-state index contributed by atoms with van der Waals surface area (Å²) in [6.45, 7) is 1.48. The number of esters is 2. The average molecular weight is 519 g/mol. The van der Waals surface area contributed by atoms with Crippen LogP contribution in [-0.4, -0.2) is 108 Å². The molecule has 37 heavy (non-hydrogen) atoms. The molecule has 0 aromatic heterocycles. The van der Waals surface area contributed by atoms with E-state index >= 15 is 0 Å². The predicted molar refractivity (Wildman–Crippen MR) is 131 cm³/mol. The van der Waals surface area contributed by atoms with Gasteiger partial charge in [0.2, 0.25) is 0 Å². The fraction of sp³-hybridized carbons (Fsp3) is 0.630. The monoisotopic (exact) mass is 518 g/mol. The molecule has 0 aliphatic carbocycles. The van der Waals surface area contributed by atoms with Gasteiger partial charge in [0.25, 0.3) is 0 Å². The number of aliphatic hydroxyl groups is 2. The van der Waals surface area contributed by atoms with E-state index in [1.807, 2.05) is 0 Å². The minimum atomic E-state index is -1.11. The van der Waals surface area contributed by atoms with Crippen molar-refractivity contribution in [2.45, 2.75) is 57.2 Å². The largest absolute Gasteiger partial charge is 0.459 e. The summed E-state index contributed by atoms with van der Waals surface area (Å²) in [4.78, 5) is 52.9. The first-order valence-corrected chi connectivity index (χ1v) is 13.3. The summed E-state index contributed by atoms with van der Waals surface area (Å²) in [6, 6.07) is 6.04. The molecule has 4 rings (SSSR count). The number of rotatable bonds is 0. The van der Waals surface area contributed by atoms with Crippen LogP contribution in [0.1, 0.15) is 65.7 Å². The van der Waals surface area contributed by atoms with E-state index in [0.29, 0.717) is 26.2 Å². The molecule has 2 unspecified atom stereocenters. The molecule has 2 saturated heterocycles. The lowest BCUT2D eigenvalue weighted by Gasteiger charge is -2.42. The van der Waals surface area contributed by atoms with E-state index in [1.165, 1.54) is 12.1 Å². The highest BCUT2D eigenvalue weighted by atomic mass is 16.5. The van der Waals surface area contributed by atoms with Gasteiger partial charge in [-0.1, -0.05) is 12.1 Å². The van der Waals surface area contributed by atoms with Crippen molar-refractivity contribution >= 4 is 23.8 Å². The van der Waals surface area contributed by atoms with Crippen molar-refractivity contribution in [2.24, 2.45) is 0 Å². The number of hydrogen-bond acceptors (Lipinski definition) is 8. The van der Waals surface area contributed by atoms with Crippen LogP contribution in [-0.2, 0) is 19.1 Å². The van der Waals surface area contributed by atoms with Crippen molar-refractivity contribution in [3.63, 3.8) is 0 Å². The zero-order chi connectivity index (χ0) is 26.5. The minimum Gasteiger partial charge on any atom is -0.459 e. The van der Waals surface area contributed by atoms with Crippen LogP contribution in [0, 0.1) is 0 Å². The molecule has 3 aliphatic heterocycles. The Hall–Kier alpha value is -2.66. The third-order valence-electron chi connectivity index (χ3n) is 8.01. The highest BCUT2D eigenvalue weighted by molar-refractivity contribution is 6.03. The summed E-state index contributed by atoms with van der Waals surface area (Å²) in [7, 11) is 0. The molecule has 1 aromatic carbocycles. The van der Waals surface area contributed by atoms with Crippen molar-refractivity contribution < 1.29 is 47.8 Å². The van der Waals surface area contributed by atoms with Gasteiger partial charge >= 0.3 is 23.8 Å². The number of piperidine rings is 2. The Labute approximate surface area is 216 Å². The zero-order valence-corrected chi connectivity index (χ0v) is 21.3. The smallest absolute Gasteiger partial charge is 0.339 e. The fourth-order valence-corrected chi connectivity index (χ4v) is 6.02. The number of ether oxygens (including phenoxy) is 2. The standard InChI is InChI=1S/C27H38N2O8/c30-20-16-28(11-5-1-6-12-28)24(32)15-25(33)29(13-7-2-8-14-29)17-21(31)19-37-27(35)23-10-4-3-9-22(23)26(34)36-18-20/h3-4,9-10,20-21,30-31H,1-2,5-8,11-19H2/q+2. The second kappa shape index (κ2) is 11.8. The summed E-state index contributed by atoms with van der Waals surface area (Å²) in [6.07, 6.45) is 2.65. The van der Waals surface area contributed by atoms with Crippen molar-refractivity contribution in [3.05, 3.63) is 35.4 Å². The van der Waals surface area contributed by atoms with Gasteiger partial charge in [0.05, 0.1) is 37.3 Å². The first-order valence-electron chi connectivity index (χ1n) is 13.3. The third kappa shape index (κ3) is 6.26. The maximum Gasteiger partial charge on any atom is 0.339 e. The summed E-state index contributed by atoms with van der Waals surface area (Å²) in [5.41, 5.74) is -0.0164. The van der Waals surface area contributed by atoms with Gasteiger partial charge in [-0.2, -0.15) is 0 Å². The van der Waals surface area contributed by atoms with Gasteiger partial charge in [-0.05, 0) is 50.7 Å².